The molecule has 3 aromatic carbocycles. The summed E-state index contributed by atoms with van der Waals surface area (Å²) in [5.41, 5.74) is 2.91. The van der Waals surface area contributed by atoms with E-state index in [1.807, 2.05) is 31.2 Å². The Labute approximate surface area is 179 Å². The average molecular weight is 449 g/mol. The number of aryl methyl sites for hydroxylation is 1. The van der Waals surface area contributed by atoms with Gasteiger partial charge in [-0.3, -0.25) is 9.52 Å². The van der Waals surface area contributed by atoms with Crippen LogP contribution in [-0.2, 0) is 21.2 Å². The van der Waals surface area contributed by atoms with Gasteiger partial charge in [0.2, 0.25) is 5.91 Å². The molecule has 5 nitrogen and oxygen atoms in total. The SMILES string of the molecule is Cc1ccc(CC(=O)Nc2ccc(NS(=O)(=O)c3c(Cl)cccc3Cl)cc2)cc1. The Bertz CT molecular complexity index is 1110. The number of carbonyl (C=O) groups is 1. The second-order valence-electron chi connectivity index (χ2n) is 6.44. The first kappa shape index (κ1) is 21.2. The van der Waals surface area contributed by atoms with Gasteiger partial charge in [-0.05, 0) is 48.9 Å². The quantitative estimate of drug-likeness (QED) is 0.538. The van der Waals surface area contributed by atoms with Crippen LogP contribution in [0.1, 0.15) is 11.1 Å². The fourth-order valence-electron chi connectivity index (χ4n) is 2.66. The van der Waals surface area contributed by atoms with Crippen molar-refractivity contribution in [2.75, 3.05) is 10.0 Å². The minimum absolute atomic E-state index is 0.0324. The zero-order chi connectivity index (χ0) is 21.0. The lowest BCUT2D eigenvalue weighted by Crippen LogP contribution is -2.15. The molecule has 29 heavy (non-hydrogen) atoms. The number of rotatable bonds is 6. The van der Waals surface area contributed by atoms with Gasteiger partial charge in [0.05, 0.1) is 16.5 Å². The Balaban J connectivity index is 1.67. The lowest BCUT2D eigenvalue weighted by molar-refractivity contribution is -0.115. The summed E-state index contributed by atoms with van der Waals surface area (Å²) in [4.78, 5) is 12.0. The molecule has 0 aliphatic rings. The van der Waals surface area contributed by atoms with Crippen molar-refractivity contribution in [3.05, 3.63) is 87.9 Å². The number of hydrogen-bond donors (Lipinski definition) is 2. The van der Waals surface area contributed by atoms with Gasteiger partial charge in [-0.15, -0.1) is 0 Å². The Kier molecular flexibility index (Phi) is 6.47. The highest BCUT2D eigenvalue weighted by Gasteiger charge is 2.21. The maximum atomic E-state index is 12.6. The second kappa shape index (κ2) is 8.86. The number of nitrogens with one attached hydrogen (secondary N) is 2. The molecule has 3 rings (SSSR count). The third-order valence-electron chi connectivity index (χ3n) is 4.09. The largest absolute Gasteiger partial charge is 0.326 e. The summed E-state index contributed by atoms with van der Waals surface area (Å²) in [6.07, 6.45) is 0.250. The molecule has 0 saturated carbocycles. The van der Waals surface area contributed by atoms with Gasteiger partial charge in [0.1, 0.15) is 4.90 Å². The van der Waals surface area contributed by atoms with Crippen LogP contribution < -0.4 is 10.0 Å². The van der Waals surface area contributed by atoms with Crippen molar-refractivity contribution in [1.82, 2.24) is 0 Å². The molecule has 0 atom stereocenters. The summed E-state index contributed by atoms with van der Waals surface area (Å²) in [7, 11) is -3.96. The highest BCUT2D eigenvalue weighted by Crippen LogP contribution is 2.30. The van der Waals surface area contributed by atoms with E-state index < -0.39 is 10.0 Å². The van der Waals surface area contributed by atoms with Gasteiger partial charge in [0, 0.05) is 11.4 Å². The van der Waals surface area contributed by atoms with E-state index in [1.54, 1.807) is 30.3 Å². The van der Waals surface area contributed by atoms with E-state index in [4.69, 9.17) is 23.2 Å². The number of halogens is 2. The molecule has 0 fully saturated rings. The molecular formula is C21H18Cl2N2O3S. The number of hydrogen-bond acceptors (Lipinski definition) is 3. The van der Waals surface area contributed by atoms with Crippen LogP contribution in [0.2, 0.25) is 10.0 Å². The number of benzene rings is 3. The van der Waals surface area contributed by atoms with Crippen LogP contribution in [0.5, 0.6) is 0 Å². The maximum Gasteiger partial charge on any atom is 0.264 e. The molecule has 0 spiro atoms. The lowest BCUT2D eigenvalue weighted by Gasteiger charge is -2.12. The summed E-state index contributed by atoms with van der Waals surface area (Å²) < 4.78 is 27.6. The summed E-state index contributed by atoms with van der Waals surface area (Å²) in [5.74, 6) is -0.162. The predicted molar refractivity (Wildman–Crippen MR) is 117 cm³/mol. The second-order valence-corrected chi connectivity index (χ2v) is 8.88. The molecule has 1 amide bonds. The first-order chi connectivity index (χ1) is 13.7. The van der Waals surface area contributed by atoms with E-state index in [-0.39, 0.29) is 27.3 Å². The fraction of sp³-hybridized carbons (Fsp3) is 0.0952. The molecule has 3 aromatic rings. The smallest absolute Gasteiger partial charge is 0.264 e. The van der Waals surface area contributed by atoms with Gasteiger partial charge < -0.3 is 5.32 Å². The third kappa shape index (κ3) is 5.50. The fourth-order valence-corrected chi connectivity index (χ4v) is 4.87. The topological polar surface area (TPSA) is 75.3 Å². The molecule has 0 unspecified atom stereocenters. The van der Waals surface area contributed by atoms with Crippen molar-refractivity contribution < 1.29 is 13.2 Å². The van der Waals surface area contributed by atoms with Gasteiger partial charge in [-0.25, -0.2) is 8.42 Å². The van der Waals surface area contributed by atoms with E-state index in [9.17, 15) is 13.2 Å². The summed E-state index contributed by atoms with van der Waals surface area (Å²) in [5, 5.41) is 2.85. The zero-order valence-corrected chi connectivity index (χ0v) is 17.8. The number of anilines is 2. The van der Waals surface area contributed by atoms with Crippen LogP contribution in [0.25, 0.3) is 0 Å². The van der Waals surface area contributed by atoms with E-state index in [1.165, 1.54) is 12.1 Å². The molecular weight excluding hydrogens is 431 g/mol. The molecule has 0 bridgehead atoms. The highest BCUT2D eigenvalue weighted by molar-refractivity contribution is 7.93. The van der Waals surface area contributed by atoms with Gasteiger partial charge in [0.15, 0.2) is 0 Å². The van der Waals surface area contributed by atoms with Crippen molar-refractivity contribution in [2.24, 2.45) is 0 Å². The van der Waals surface area contributed by atoms with Gasteiger partial charge >= 0.3 is 0 Å². The number of carbonyl (C=O) groups excluding carboxylic acids is 1. The van der Waals surface area contributed by atoms with Gasteiger partial charge in [-0.1, -0.05) is 59.1 Å². The Morgan fingerprint density at radius 2 is 1.41 bits per heavy atom. The molecule has 0 heterocycles. The Morgan fingerprint density at radius 3 is 2.00 bits per heavy atom. The van der Waals surface area contributed by atoms with Crippen LogP contribution in [0.4, 0.5) is 11.4 Å². The minimum atomic E-state index is -3.96. The van der Waals surface area contributed by atoms with Crippen molar-refractivity contribution >= 4 is 50.5 Å². The maximum absolute atomic E-state index is 12.6. The normalized spacial score (nSPS) is 11.1. The van der Waals surface area contributed by atoms with Crippen molar-refractivity contribution in [2.45, 2.75) is 18.2 Å². The molecule has 8 heteroatoms. The molecule has 0 saturated heterocycles. The average Bonchev–Trinajstić information content (AvgIpc) is 2.64. The predicted octanol–water partition coefficient (Wildman–Crippen LogP) is 5.28. The van der Waals surface area contributed by atoms with Crippen LogP contribution in [0.3, 0.4) is 0 Å². The molecule has 0 aliphatic carbocycles. The molecule has 0 aromatic heterocycles. The van der Waals surface area contributed by atoms with Crippen molar-refractivity contribution in [1.29, 1.82) is 0 Å². The van der Waals surface area contributed by atoms with E-state index in [2.05, 4.69) is 10.0 Å². The Hall–Kier alpha value is -2.54. The monoisotopic (exact) mass is 448 g/mol. The Morgan fingerprint density at radius 1 is 0.862 bits per heavy atom. The standard InChI is InChI=1S/C21H18Cl2N2O3S/c1-14-5-7-15(8-6-14)13-20(26)24-16-9-11-17(12-10-16)25-29(27,28)21-18(22)3-2-4-19(21)23/h2-12,25H,13H2,1H3,(H,24,26). The zero-order valence-electron chi connectivity index (χ0n) is 15.4. The molecule has 0 radical (unpaired) electrons. The molecule has 0 aliphatic heterocycles. The van der Waals surface area contributed by atoms with Crippen molar-refractivity contribution in [3.63, 3.8) is 0 Å². The molecule has 150 valence electrons. The van der Waals surface area contributed by atoms with Crippen LogP contribution in [0.15, 0.2) is 71.6 Å². The van der Waals surface area contributed by atoms with E-state index in [0.29, 0.717) is 11.4 Å². The first-order valence-corrected chi connectivity index (χ1v) is 10.9. The minimum Gasteiger partial charge on any atom is -0.326 e. The third-order valence-corrected chi connectivity index (χ3v) is 6.43. The molecule has 2 N–H and O–H groups in total. The number of sulfonamides is 1. The van der Waals surface area contributed by atoms with Gasteiger partial charge in [-0.2, -0.15) is 0 Å². The first-order valence-electron chi connectivity index (χ1n) is 8.67. The number of amides is 1. The van der Waals surface area contributed by atoms with E-state index in [0.717, 1.165) is 11.1 Å². The van der Waals surface area contributed by atoms with E-state index >= 15 is 0 Å². The van der Waals surface area contributed by atoms with Crippen LogP contribution in [-0.4, -0.2) is 14.3 Å². The van der Waals surface area contributed by atoms with Crippen LogP contribution >= 0.6 is 23.2 Å². The lowest BCUT2D eigenvalue weighted by atomic mass is 10.1. The summed E-state index contributed by atoms with van der Waals surface area (Å²) >= 11 is 12.0. The summed E-state index contributed by atoms with van der Waals surface area (Å²) in [6, 6.07) is 18.5. The van der Waals surface area contributed by atoms with Gasteiger partial charge in [0.25, 0.3) is 10.0 Å². The highest BCUT2D eigenvalue weighted by atomic mass is 35.5. The van der Waals surface area contributed by atoms with Crippen LogP contribution in [0, 0.1) is 6.92 Å². The van der Waals surface area contributed by atoms with Crippen molar-refractivity contribution in [3.8, 4) is 0 Å². The summed E-state index contributed by atoms with van der Waals surface area (Å²) in [6.45, 7) is 1.99.